The molecule has 0 spiro atoms. The molecule has 0 amide bonds. The summed E-state index contributed by atoms with van der Waals surface area (Å²) in [7, 11) is 0. The number of ether oxygens (including phenoxy) is 1. The molecule has 0 atom stereocenters. The Bertz CT molecular complexity index is 929. The smallest absolute Gasteiger partial charge is 0.203 e. The first-order valence-electron chi connectivity index (χ1n) is 6.98. The lowest BCUT2D eigenvalue weighted by atomic mass is 10.1. The number of carbonyl (C=O) groups is 1. The molecule has 0 aliphatic carbocycles. The van der Waals surface area contributed by atoms with Crippen LogP contribution < -0.4 is 10.2 Å². The first kappa shape index (κ1) is 15.5. The zero-order valence-electron chi connectivity index (χ0n) is 12.3. The van der Waals surface area contributed by atoms with Crippen molar-refractivity contribution in [1.29, 1.82) is 0 Å². The Balaban J connectivity index is 2.05. The van der Waals surface area contributed by atoms with E-state index in [0.717, 1.165) is 5.56 Å². The van der Waals surface area contributed by atoms with Crippen molar-refractivity contribution >= 4 is 33.2 Å². The molecule has 3 rings (SSSR count). The van der Waals surface area contributed by atoms with E-state index in [1.54, 1.807) is 6.07 Å². The SMILES string of the molecule is Cc1c(OCc2ccccc2)c(Br)cc2c(=O)c(C=O)coc12. The summed E-state index contributed by atoms with van der Waals surface area (Å²) in [6.07, 6.45) is 1.67. The fourth-order valence-corrected chi connectivity index (χ4v) is 3.02. The number of aldehydes is 1. The van der Waals surface area contributed by atoms with Crippen molar-refractivity contribution in [2.24, 2.45) is 0 Å². The highest BCUT2D eigenvalue weighted by molar-refractivity contribution is 9.10. The van der Waals surface area contributed by atoms with Gasteiger partial charge < -0.3 is 9.15 Å². The zero-order valence-corrected chi connectivity index (χ0v) is 13.9. The normalized spacial score (nSPS) is 10.7. The molecule has 0 saturated heterocycles. The van der Waals surface area contributed by atoms with E-state index in [9.17, 15) is 9.59 Å². The predicted molar refractivity (Wildman–Crippen MR) is 91.1 cm³/mol. The molecule has 1 aromatic heterocycles. The lowest BCUT2D eigenvalue weighted by molar-refractivity contribution is 0.112. The van der Waals surface area contributed by atoms with Crippen molar-refractivity contribution in [3.8, 4) is 5.75 Å². The first-order valence-corrected chi connectivity index (χ1v) is 7.77. The number of halogens is 1. The van der Waals surface area contributed by atoms with Gasteiger partial charge >= 0.3 is 0 Å². The van der Waals surface area contributed by atoms with E-state index in [1.807, 2.05) is 37.3 Å². The molecule has 116 valence electrons. The van der Waals surface area contributed by atoms with E-state index in [0.29, 0.717) is 39.6 Å². The molecule has 0 saturated carbocycles. The third kappa shape index (κ3) is 2.92. The van der Waals surface area contributed by atoms with E-state index < -0.39 is 0 Å². The maximum Gasteiger partial charge on any atom is 0.203 e. The van der Waals surface area contributed by atoms with Gasteiger partial charge in [0.2, 0.25) is 5.43 Å². The second kappa shape index (κ2) is 6.38. The molecule has 5 heteroatoms. The molecule has 2 aromatic carbocycles. The fraction of sp³-hybridized carbons (Fsp3) is 0.111. The molecule has 0 fully saturated rings. The Morgan fingerprint density at radius 2 is 2.00 bits per heavy atom. The zero-order chi connectivity index (χ0) is 16.4. The Morgan fingerprint density at radius 1 is 1.26 bits per heavy atom. The average Bonchev–Trinajstić information content (AvgIpc) is 2.57. The van der Waals surface area contributed by atoms with Gasteiger partial charge in [-0.1, -0.05) is 30.3 Å². The highest BCUT2D eigenvalue weighted by atomic mass is 79.9. The van der Waals surface area contributed by atoms with Crippen LogP contribution in [-0.4, -0.2) is 6.29 Å². The van der Waals surface area contributed by atoms with Crippen molar-refractivity contribution in [2.45, 2.75) is 13.5 Å². The topological polar surface area (TPSA) is 56.5 Å². The van der Waals surface area contributed by atoms with Crippen LogP contribution in [-0.2, 0) is 6.61 Å². The molecule has 1 heterocycles. The summed E-state index contributed by atoms with van der Waals surface area (Å²) in [6, 6.07) is 11.4. The number of hydrogen-bond acceptors (Lipinski definition) is 4. The molecule has 3 aromatic rings. The maximum atomic E-state index is 12.2. The van der Waals surface area contributed by atoms with Gasteiger partial charge in [0.15, 0.2) is 6.29 Å². The lowest BCUT2D eigenvalue weighted by Crippen LogP contribution is -2.09. The third-order valence-electron chi connectivity index (χ3n) is 3.58. The summed E-state index contributed by atoms with van der Waals surface area (Å²) < 4.78 is 12.0. The van der Waals surface area contributed by atoms with E-state index in [2.05, 4.69) is 15.9 Å². The van der Waals surface area contributed by atoms with E-state index in [4.69, 9.17) is 9.15 Å². The fourth-order valence-electron chi connectivity index (χ4n) is 2.38. The monoisotopic (exact) mass is 372 g/mol. The molecule has 0 radical (unpaired) electrons. The van der Waals surface area contributed by atoms with Crippen LogP contribution in [0.3, 0.4) is 0 Å². The van der Waals surface area contributed by atoms with E-state index in [1.165, 1.54) is 6.26 Å². The maximum absolute atomic E-state index is 12.2. The third-order valence-corrected chi connectivity index (χ3v) is 4.17. The average molecular weight is 373 g/mol. The standard InChI is InChI=1S/C18H13BrO4/c1-11-17-14(16(21)13(8-20)10-23-17)7-15(19)18(11)22-9-12-5-3-2-4-6-12/h2-8,10H,9H2,1H3. The lowest BCUT2D eigenvalue weighted by Gasteiger charge is -2.13. The summed E-state index contributed by atoms with van der Waals surface area (Å²) in [5.74, 6) is 0.614. The number of rotatable bonds is 4. The van der Waals surface area contributed by atoms with Crippen molar-refractivity contribution in [1.82, 2.24) is 0 Å². The number of carbonyl (C=O) groups excluding carboxylic acids is 1. The summed E-state index contributed by atoms with van der Waals surface area (Å²) >= 11 is 3.43. The minimum Gasteiger partial charge on any atom is -0.487 e. The number of aryl methyl sites for hydroxylation is 1. The Hall–Kier alpha value is -2.40. The van der Waals surface area contributed by atoms with Gasteiger partial charge in [0.1, 0.15) is 24.2 Å². The van der Waals surface area contributed by atoms with E-state index >= 15 is 0 Å². The minimum atomic E-state index is -0.348. The molecular weight excluding hydrogens is 360 g/mol. The van der Waals surface area contributed by atoms with Gasteiger partial charge in [-0.3, -0.25) is 9.59 Å². The van der Waals surface area contributed by atoms with Crippen LogP contribution in [0.4, 0.5) is 0 Å². The van der Waals surface area contributed by atoms with Crippen LogP contribution in [0.5, 0.6) is 5.75 Å². The summed E-state index contributed by atoms with van der Waals surface area (Å²) in [5.41, 5.74) is 1.82. The van der Waals surface area contributed by atoms with Crippen molar-refractivity contribution in [3.63, 3.8) is 0 Å². The number of hydrogen-bond donors (Lipinski definition) is 0. The van der Waals surface area contributed by atoms with Gasteiger partial charge in [-0.25, -0.2) is 0 Å². The quantitative estimate of drug-likeness (QED) is 0.642. The Morgan fingerprint density at radius 3 is 2.70 bits per heavy atom. The van der Waals surface area contributed by atoms with Gasteiger partial charge in [-0.15, -0.1) is 0 Å². The van der Waals surface area contributed by atoms with Gasteiger partial charge in [-0.2, -0.15) is 0 Å². The first-order chi connectivity index (χ1) is 11.1. The van der Waals surface area contributed by atoms with Crippen LogP contribution in [0.15, 0.2) is 56.3 Å². The van der Waals surface area contributed by atoms with Gasteiger partial charge in [-0.05, 0) is 34.5 Å². The van der Waals surface area contributed by atoms with Crippen molar-refractivity contribution in [3.05, 3.63) is 74.0 Å². The molecule has 4 nitrogen and oxygen atoms in total. The summed E-state index contributed by atoms with van der Waals surface area (Å²) in [4.78, 5) is 23.1. The van der Waals surface area contributed by atoms with E-state index in [-0.39, 0.29) is 11.0 Å². The van der Waals surface area contributed by atoms with Crippen LogP contribution in [0, 0.1) is 6.92 Å². The number of benzene rings is 2. The largest absolute Gasteiger partial charge is 0.487 e. The Labute approximate surface area is 140 Å². The molecule has 0 unspecified atom stereocenters. The van der Waals surface area contributed by atoms with Crippen molar-refractivity contribution < 1.29 is 13.9 Å². The van der Waals surface area contributed by atoms with Crippen LogP contribution >= 0.6 is 15.9 Å². The van der Waals surface area contributed by atoms with Crippen LogP contribution in [0.2, 0.25) is 0 Å². The molecule has 0 aliphatic heterocycles. The molecule has 0 bridgehead atoms. The predicted octanol–water partition coefficient (Wildman–Crippen LogP) is 4.26. The number of fused-ring (bicyclic) bond motifs is 1. The second-order valence-corrected chi connectivity index (χ2v) is 5.96. The van der Waals surface area contributed by atoms with Gasteiger partial charge in [0, 0.05) is 5.56 Å². The van der Waals surface area contributed by atoms with Crippen LogP contribution in [0.25, 0.3) is 11.0 Å². The summed E-state index contributed by atoms with van der Waals surface area (Å²) in [5, 5.41) is 0.353. The summed E-state index contributed by atoms with van der Waals surface area (Å²) in [6.45, 7) is 2.22. The highest BCUT2D eigenvalue weighted by Gasteiger charge is 2.16. The molecule has 0 aliphatic rings. The molecular formula is C18H13BrO4. The molecule has 23 heavy (non-hydrogen) atoms. The van der Waals surface area contributed by atoms with Crippen LogP contribution in [0.1, 0.15) is 21.5 Å². The molecule has 0 N–H and O–H groups in total. The van der Waals surface area contributed by atoms with Crippen molar-refractivity contribution in [2.75, 3.05) is 0 Å². The van der Waals surface area contributed by atoms with Gasteiger partial charge in [0.05, 0.1) is 15.4 Å². The minimum absolute atomic E-state index is 0.00162. The highest BCUT2D eigenvalue weighted by Crippen LogP contribution is 2.34. The second-order valence-electron chi connectivity index (χ2n) is 5.10. The van der Waals surface area contributed by atoms with Gasteiger partial charge in [0.25, 0.3) is 0 Å². The Kier molecular flexibility index (Phi) is 4.30.